The number of furan rings is 1. The van der Waals surface area contributed by atoms with Crippen LogP contribution >= 0.6 is 11.6 Å². The summed E-state index contributed by atoms with van der Waals surface area (Å²) in [6.45, 7) is 1.76. The zero-order valence-corrected chi connectivity index (χ0v) is 9.02. The number of hydrogen-bond donors (Lipinski definition) is 0. The molecule has 0 aliphatic heterocycles. The van der Waals surface area contributed by atoms with E-state index in [9.17, 15) is 13.6 Å². The van der Waals surface area contributed by atoms with Crippen molar-refractivity contribution in [3.05, 3.63) is 35.6 Å². The largest absolute Gasteiger partial charge is 0.452 e. The lowest BCUT2D eigenvalue weighted by Crippen LogP contribution is -2.20. The molecule has 2 rings (SSSR count). The zero-order chi connectivity index (χ0) is 11.9. The van der Waals surface area contributed by atoms with Crippen LogP contribution in [-0.4, -0.2) is 11.2 Å². The van der Waals surface area contributed by atoms with Gasteiger partial charge in [0.25, 0.3) is 5.78 Å². The third kappa shape index (κ3) is 1.80. The van der Waals surface area contributed by atoms with Gasteiger partial charge in [0.05, 0.1) is 0 Å². The maximum atomic E-state index is 12.6. The van der Waals surface area contributed by atoms with Crippen molar-refractivity contribution in [2.75, 3.05) is 0 Å². The lowest BCUT2D eigenvalue weighted by atomic mass is 10.2. The fourth-order valence-corrected chi connectivity index (χ4v) is 1.55. The number of para-hydroxylation sites is 1. The number of hydrogen-bond acceptors (Lipinski definition) is 2. The van der Waals surface area contributed by atoms with Gasteiger partial charge in [-0.05, 0) is 30.2 Å². The highest BCUT2D eigenvalue weighted by Crippen LogP contribution is 2.29. The van der Waals surface area contributed by atoms with E-state index in [1.807, 2.05) is 0 Å². The minimum atomic E-state index is -3.93. The Morgan fingerprint density at radius 3 is 2.69 bits per heavy atom. The smallest absolute Gasteiger partial charge is 0.388 e. The van der Waals surface area contributed by atoms with Crippen LogP contribution < -0.4 is 0 Å². The quantitative estimate of drug-likeness (QED) is 0.595. The highest BCUT2D eigenvalue weighted by atomic mass is 35.5. The first-order chi connectivity index (χ1) is 7.39. The van der Waals surface area contributed by atoms with E-state index in [1.54, 1.807) is 25.1 Å². The van der Waals surface area contributed by atoms with Gasteiger partial charge < -0.3 is 4.42 Å². The van der Waals surface area contributed by atoms with E-state index in [-0.39, 0.29) is 0 Å². The molecule has 0 saturated carbocycles. The standard InChI is InChI=1S/C11H7ClF2O2/c1-6-3-2-4-7-5-8(16-9(6)7)10(15)11(12,13)14/h2-5H,1H3. The Bertz CT molecular complexity index is 555. The van der Waals surface area contributed by atoms with Crippen molar-refractivity contribution in [3.8, 4) is 0 Å². The normalized spacial score (nSPS) is 12.0. The summed E-state index contributed by atoms with van der Waals surface area (Å²) in [5.41, 5.74) is 1.20. The van der Waals surface area contributed by atoms with Crippen LogP contribution in [0.5, 0.6) is 0 Å². The summed E-state index contributed by atoms with van der Waals surface area (Å²) in [4.78, 5) is 11.2. The second kappa shape index (κ2) is 3.56. The van der Waals surface area contributed by atoms with Crippen molar-refractivity contribution in [1.82, 2.24) is 0 Å². The van der Waals surface area contributed by atoms with Crippen molar-refractivity contribution in [2.24, 2.45) is 0 Å². The van der Waals surface area contributed by atoms with Crippen molar-refractivity contribution in [1.29, 1.82) is 0 Å². The summed E-state index contributed by atoms with van der Waals surface area (Å²) in [5.74, 6) is -1.95. The monoisotopic (exact) mass is 244 g/mol. The topological polar surface area (TPSA) is 30.2 Å². The molecule has 0 bridgehead atoms. The van der Waals surface area contributed by atoms with Crippen molar-refractivity contribution in [2.45, 2.75) is 12.3 Å². The lowest BCUT2D eigenvalue weighted by molar-refractivity contribution is 0.0508. The van der Waals surface area contributed by atoms with E-state index < -0.39 is 16.9 Å². The predicted molar refractivity (Wildman–Crippen MR) is 56.1 cm³/mol. The Morgan fingerprint density at radius 1 is 1.44 bits per heavy atom. The first-order valence-corrected chi connectivity index (χ1v) is 4.88. The minimum absolute atomic E-state index is 0.423. The van der Waals surface area contributed by atoms with Gasteiger partial charge in [-0.3, -0.25) is 4.79 Å². The first kappa shape index (κ1) is 11.1. The van der Waals surface area contributed by atoms with Crippen LogP contribution in [0, 0.1) is 6.92 Å². The van der Waals surface area contributed by atoms with Gasteiger partial charge in [-0.1, -0.05) is 18.2 Å². The molecule has 0 aliphatic carbocycles. The molecule has 0 fully saturated rings. The van der Waals surface area contributed by atoms with Gasteiger partial charge in [0.2, 0.25) is 0 Å². The number of carbonyl (C=O) groups excluding carboxylic acids is 1. The molecule has 2 nitrogen and oxygen atoms in total. The van der Waals surface area contributed by atoms with Crippen LogP contribution in [0.1, 0.15) is 16.1 Å². The average Bonchev–Trinajstić information content (AvgIpc) is 2.60. The summed E-state index contributed by atoms with van der Waals surface area (Å²) in [7, 11) is 0. The van der Waals surface area contributed by atoms with Crippen LogP contribution in [0.25, 0.3) is 11.0 Å². The van der Waals surface area contributed by atoms with E-state index in [1.165, 1.54) is 6.07 Å². The fourth-order valence-electron chi connectivity index (χ4n) is 1.46. The number of carbonyl (C=O) groups is 1. The molecular weight excluding hydrogens is 238 g/mol. The van der Waals surface area contributed by atoms with Crippen LogP contribution in [0.3, 0.4) is 0 Å². The molecular formula is C11H7ClF2O2. The number of aryl methyl sites for hydroxylation is 1. The maximum absolute atomic E-state index is 12.6. The highest BCUT2D eigenvalue weighted by molar-refractivity contribution is 6.35. The molecule has 2 aromatic rings. The Balaban J connectivity index is 2.56. The van der Waals surface area contributed by atoms with Gasteiger partial charge in [0, 0.05) is 5.39 Å². The number of alkyl halides is 3. The Labute approximate surface area is 94.8 Å². The van der Waals surface area contributed by atoms with E-state index >= 15 is 0 Å². The number of fused-ring (bicyclic) bond motifs is 1. The second-order valence-corrected chi connectivity index (χ2v) is 3.91. The summed E-state index contributed by atoms with van der Waals surface area (Å²) < 4.78 is 30.2. The van der Waals surface area contributed by atoms with Gasteiger partial charge >= 0.3 is 5.38 Å². The molecule has 0 unspecified atom stereocenters. The number of Topliss-reactive ketones (excluding diaryl/α,β-unsaturated/α-hetero) is 1. The number of halogens is 3. The summed E-state index contributed by atoms with van der Waals surface area (Å²) >= 11 is 4.64. The molecule has 5 heteroatoms. The van der Waals surface area contributed by atoms with E-state index in [0.717, 1.165) is 5.56 Å². The fraction of sp³-hybridized carbons (Fsp3) is 0.182. The predicted octanol–water partition coefficient (Wildman–Crippen LogP) is 3.76. The Hall–Kier alpha value is -1.42. The molecule has 0 saturated heterocycles. The van der Waals surface area contributed by atoms with Gasteiger partial charge in [0.15, 0.2) is 5.76 Å². The molecule has 1 aromatic carbocycles. The number of benzene rings is 1. The van der Waals surface area contributed by atoms with Crippen molar-refractivity contribution < 1.29 is 18.0 Å². The summed E-state index contributed by atoms with van der Waals surface area (Å²) in [6, 6.07) is 6.45. The second-order valence-electron chi connectivity index (χ2n) is 3.43. The average molecular weight is 245 g/mol. The molecule has 0 spiro atoms. The molecule has 1 heterocycles. The molecule has 0 atom stereocenters. The Kier molecular flexibility index (Phi) is 2.46. The molecule has 0 amide bonds. The Morgan fingerprint density at radius 2 is 2.12 bits per heavy atom. The van der Waals surface area contributed by atoms with Gasteiger partial charge in [-0.25, -0.2) is 0 Å². The SMILES string of the molecule is Cc1cccc2cc(C(=O)C(F)(F)Cl)oc12. The third-order valence-corrected chi connectivity index (χ3v) is 2.39. The van der Waals surface area contributed by atoms with Crippen molar-refractivity contribution in [3.63, 3.8) is 0 Å². The highest BCUT2D eigenvalue weighted by Gasteiger charge is 2.39. The van der Waals surface area contributed by atoms with Crippen LogP contribution in [0.4, 0.5) is 8.78 Å². The van der Waals surface area contributed by atoms with E-state index in [4.69, 9.17) is 4.42 Å². The summed E-state index contributed by atoms with van der Waals surface area (Å²) in [6.07, 6.45) is 0. The lowest BCUT2D eigenvalue weighted by Gasteiger charge is -2.02. The molecule has 0 radical (unpaired) electrons. The van der Waals surface area contributed by atoms with Crippen LogP contribution in [0.15, 0.2) is 28.7 Å². The summed E-state index contributed by atoms with van der Waals surface area (Å²) in [5, 5.41) is -3.33. The minimum Gasteiger partial charge on any atom is -0.452 e. The van der Waals surface area contributed by atoms with E-state index in [2.05, 4.69) is 11.6 Å². The molecule has 84 valence electrons. The van der Waals surface area contributed by atoms with Gasteiger partial charge in [-0.15, -0.1) is 0 Å². The molecule has 16 heavy (non-hydrogen) atoms. The molecule has 0 N–H and O–H groups in total. The van der Waals surface area contributed by atoms with Crippen molar-refractivity contribution >= 4 is 28.4 Å². The third-order valence-electron chi connectivity index (χ3n) is 2.22. The van der Waals surface area contributed by atoms with E-state index in [0.29, 0.717) is 11.0 Å². The maximum Gasteiger partial charge on any atom is 0.388 e. The van der Waals surface area contributed by atoms with Crippen LogP contribution in [-0.2, 0) is 0 Å². The first-order valence-electron chi connectivity index (χ1n) is 4.50. The molecule has 0 aliphatic rings. The number of ketones is 1. The van der Waals surface area contributed by atoms with Crippen LogP contribution in [0.2, 0.25) is 0 Å². The number of rotatable bonds is 2. The molecule has 1 aromatic heterocycles. The zero-order valence-electron chi connectivity index (χ0n) is 8.26. The van der Waals surface area contributed by atoms with Gasteiger partial charge in [-0.2, -0.15) is 8.78 Å². The van der Waals surface area contributed by atoms with Gasteiger partial charge in [0.1, 0.15) is 5.58 Å².